The molecule has 1 amide bonds. The Balaban J connectivity index is 2.39. The van der Waals surface area contributed by atoms with Crippen molar-refractivity contribution in [2.45, 2.75) is 50.7 Å². The summed E-state index contributed by atoms with van der Waals surface area (Å²) in [4.78, 5) is 13.3. The van der Waals surface area contributed by atoms with Crippen LogP contribution < -0.4 is 5.73 Å². The molecule has 1 fully saturated rings. The predicted octanol–water partition coefficient (Wildman–Crippen LogP) is 0.487. The third kappa shape index (κ3) is 3.80. The highest BCUT2D eigenvalue weighted by Gasteiger charge is 2.35. The van der Waals surface area contributed by atoms with E-state index in [0.29, 0.717) is 13.0 Å². The van der Waals surface area contributed by atoms with Gasteiger partial charge in [0.2, 0.25) is 5.91 Å². The third-order valence-corrected chi connectivity index (χ3v) is 2.90. The molecular weight excluding hydrogens is 192 g/mol. The zero-order valence-corrected chi connectivity index (χ0v) is 9.92. The molecule has 4 nitrogen and oxygen atoms in total. The number of carbonyl (C=O) groups is 1. The Morgan fingerprint density at radius 2 is 2.07 bits per heavy atom. The summed E-state index contributed by atoms with van der Waals surface area (Å²) in [5.41, 5.74) is 4.88. The molecule has 0 aromatic rings. The fourth-order valence-electron chi connectivity index (χ4n) is 1.91. The smallest absolute Gasteiger partial charge is 0.224 e. The first-order valence-electron chi connectivity index (χ1n) is 5.47. The van der Waals surface area contributed by atoms with Crippen LogP contribution in [0.4, 0.5) is 0 Å². The highest BCUT2D eigenvalue weighted by Crippen LogP contribution is 2.32. The minimum Gasteiger partial charge on any atom is -0.389 e. The summed E-state index contributed by atoms with van der Waals surface area (Å²) in [5.74, 6) is 0.0272. The van der Waals surface area contributed by atoms with Gasteiger partial charge >= 0.3 is 0 Å². The Hall–Kier alpha value is -0.610. The van der Waals surface area contributed by atoms with E-state index in [9.17, 15) is 9.90 Å². The number of nitrogens with zero attached hydrogens (tertiary/aromatic N) is 1. The van der Waals surface area contributed by atoms with Crippen LogP contribution in [-0.2, 0) is 4.79 Å². The van der Waals surface area contributed by atoms with Crippen molar-refractivity contribution in [3.05, 3.63) is 0 Å². The first-order valence-corrected chi connectivity index (χ1v) is 5.47. The van der Waals surface area contributed by atoms with Gasteiger partial charge in [-0.2, -0.15) is 0 Å². The van der Waals surface area contributed by atoms with Gasteiger partial charge in [-0.15, -0.1) is 0 Å². The standard InChI is InChI=1S/C11H22N2O2/c1-10(2,15)8-13(3)9(14)7-11(12)5-4-6-11/h15H,4-8,12H2,1-3H3. The van der Waals surface area contributed by atoms with Crippen molar-refractivity contribution in [1.29, 1.82) is 0 Å². The summed E-state index contributed by atoms with van der Waals surface area (Å²) in [6.45, 7) is 3.73. The van der Waals surface area contributed by atoms with Crippen LogP contribution in [0.15, 0.2) is 0 Å². The third-order valence-electron chi connectivity index (χ3n) is 2.90. The van der Waals surface area contributed by atoms with Crippen molar-refractivity contribution < 1.29 is 9.90 Å². The van der Waals surface area contributed by atoms with Crippen molar-refractivity contribution in [2.24, 2.45) is 5.73 Å². The Morgan fingerprint density at radius 1 is 1.53 bits per heavy atom. The molecule has 1 aliphatic rings. The van der Waals surface area contributed by atoms with E-state index in [1.165, 1.54) is 0 Å². The average Bonchev–Trinajstić information content (AvgIpc) is 1.98. The number of hydrogen-bond donors (Lipinski definition) is 2. The van der Waals surface area contributed by atoms with Gasteiger partial charge in [-0.1, -0.05) is 0 Å². The molecule has 88 valence electrons. The summed E-state index contributed by atoms with van der Waals surface area (Å²) >= 11 is 0. The SMILES string of the molecule is CN(CC(C)(C)O)C(=O)CC1(N)CCC1. The fraction of sp³-hybridized carbons (Fsp3) is 0.909. The van der Waals surface area contributed by atoms with E-state index in [0.717, 1.165) is 19.3 Å². The second kappa shape index (κ2) is 4.10. The zero-order chi connectivity index (χ0) is 11.7. The number of hydrogen-bond acceptors (Lipinski definition) is 3. The van der Waals surface area contributed by atoms with E-state index in [4.69, 9.17) is 5.73 Å². The molecule has 1 rings (SSSR count). The average molecular weight is 214 g/mol. The largest absolute Gasteiger partial charge is 0.389 e. The molecule has 1 saturated carbocycles. The normalized spacial score (nSPS) is 19.5. The van der Waals surface area contributed by atoms with E-state index < -0.39 is 5.60 Å². The lowest BCUT2D eigenvalue weighted by Gasteiger charge is -2.39. The first-order chi connectivity index (χ1) is 6.72. The van der Waals surface area contributed by atoms with Gasteiger partial charge in [0.05, 0.1) is 5.60 Å². The molecule has 0 saturated heterocycles. The van der Waals surface area contributed by atoms with E-state index >= 15 is 0 Å². The molecular formula is C11H22N2O2. The fourth-order valence-corrected chi connectivity index (χ4v) is 1.91. The maximum Gasteiger partial charge on any atom is 0.224 e. The summed E-state index contributed by atoms with van der Waals surface area (Å²) in [6, 6.07) is 0. The molecule has 0 spiro atoms. The summed E-state index contributed by atoms with van der Waals surface area (Å²) in [5, 5.41) is 9.58. The molecule has 0 heterocycles. The highest BCUT2D eigenvalue weighted by molar-refractivity contribution is 5.77. The number of rotatable bonds is 4. The molecule has 0 bridgehead atoms. The van der Waals surface area contributed by atoms with Gasteiger partial charge in [-0.05, 0) is 33.1 Å². The number of aliphatic hydroxyl groups is 1. The Kier molecular flexibility index (Phi) is 3.41. The van der Waals surface area contributed by atoms with E-state index in [1.54, 1.807) is 25.8 Å². The molecule has 15 heavy (non-hydrogen) atoms. The second-order valence-electron chi connectivity index (χ2n) is 5.45. The van der Waals surface area contributed by atoms with Crippen LogP contribution >= 0.6 is 0 Å². The zero-order valence-electron chi connectivity index (χ0n) is 9.92. The van der Waals surface area contributed by atoms with Crippen molar-refractivity contribution in [2.75, 3.05) is 13.6 Å². The van der Waals surface area contributed by atoms with Crippen molar-refractivity contribution in [3.8, 4) is 0 Å². The summed E-state index contributed by atoms with van der Waals surface area (Å²) < 4.78 is 0. The Morgan fingerprint density at radius 3 is 2.40 bits per heavy atom. The molecule has 0 aromatic carbocycles. The van der Waals surface area contributed by atoms with Gasteiger partial charge in [-0.3, -0.25) is 4.79 Å². The predicted molar refractivity (Wildman–Crippen MR) is 59.3 cm³/mol. The van der Waals surface area contributed by atoms with Crippen LogP contribution in [-0.4, -0.2) is 40.6 Å². The Labute approximate surface area is 91.4 Å². The maximum absolute atomic E-state index is 11.8. The van der Waals surface area contributed by atoms with E-state index in [-0.39, 0.29) is 11.4 Å². The molecule has 1 aliphatic carbocycles. The van der Waals surface area contributed by atoms with Gasteiger partial charge < -0.3 is 15.7 Å². The number of likely N-dealkylation sites (N-methyl/N-ethyl adjacent to an activating group) is 1. The molecule has 3 N–H and O–H groups in total. The minimum absolute atomic E-state index is 0.0272. The van der Waals surface area contributed by atoms with Gasteiger partial charge in [0, 0.05) is 25.6 Å². The van der Waals surface area contributed by atoms with Crippen LogP contribution in [0.25, 0.3) is 0 Å². The van der Waals surface area contributed by atoms with Gasteiger partial charge in [-0.25, -0.2) is 0 Å². The van der Waals surface area contributed by atoms with E-state index in [2.05, 4.69) is 0 Å². The molecule has 0 unspecified atom stereocenters. The number of amides is 1. The van der Waals surface area contributed by atoms with E-state index in [1.807, 2.05) is 0 Å². The lowest BCUT2D eigenvalue weighted by atomic mass is 9.75. The molecule has 0 aromatic heterocycles. The van der Waals surface area contributed by atoms with Crippen molar-refractivity contribution in [3.63, 3.8) is 0 Å². The molecule has 0 aliphatic heterocycles. The minimum atomic E-state index is -0.841. The van der Waals surface area contributed by atoms with Crippen LogP contribution in [0.2, 0.25) is 0 Å². The van der Waals surface area contributed by atoms with Gasteiger partial charge in [0.1, 0.15) is 0 Å². The summed E-state index contributed by atoms with van der Waals surface area (Å²) in [6.07, 6.45) is 3.41. The number of carbonyl (C=O) groups excluding carboxylic acids is 1. The quantitative estimate of drug-likeness (QED) is 0.715. The lowest BCUT2D eigenvalue weighted by Crippen LogP contribution is -2.51. The monoisotopic (exact) mass is 214 g/mol. The lowest BCUT2D eigenvalue weighted by molar-refractivity contribution is -0.134. The van der Waals surface area contributed by atoms with Crippen LogP contribution in [0.5, 0.6) is 0 Å². The van der Waals surface area contributed by atoms with Crippen molar-refractivity contribution in [1.82, 2.24) is 4.90 Å². The van der Waals surface area contributed by atoms with Gasteiger partial charge in [0.25, 0.3) is 0 Å². The second-order valence-corrected chi connectivity index (χ2v) is 5.45. The molecule has 4 heteroatoms. The van der Waals surface area contributed by atoms with Crippen LogP contribution in [0.1, 0.15) is 39.5 Å². The Bertz CT molecular complexity index is 241. The molecule has 0 radical (unpaired) electrons. The maximum atomic E-state index is 11.8. The van der Waals surface area contributed by atoms with Gasteiger partial charge in [0.15, 0.2) is 0 Å². The summed E-state index contributed by atoms with van der Waals surface area (Å²) in [7, 11) is 1.71. The topological polar surface area (TPSA) is 66.6 Å². The first kappa shape index (κ1) is 12.5. The highest BCUT2D eigenvalue weighted by atomic mass is 16.3. The molecule has 0 atom stereocenters. The van der Waals surface area contributed by atoms with Crippen LogP contribution in [0, 0.1) is 0 Å². The number of nitrogens with two attached hydrogens (primary N) is 1. The van der Waals surface area contributed by atoms with Crippen LogP contribution in [0.3, 0.4) is 0 Å². The van der Waals surface area contributed by atoms with Crippen molar-refractivity contribution >= 4 is 5.91 Å².